The molecule has 2 aromatic rings. The second-order valence-corrected chi connectivity index (χ2v) is 8.32. The van der Waals surface area contributed by atoms with Crippen LogP contribution in [0.25, 0.3) is 6.08 Å². The zero-order valence-electron chi connectivity index (χ0n) is 17.2. The van der Waals surface area contributed by atoms with Crippen molar-refractivity contribution >= 4 is 52.2 Å². The summed E-state index contributed by atoms with van der Waals surface area (Å²) in [6, 6.07) is 8.61. The Balaban J connectivity index is 1.76. The number of hydrogen-bond donors (Lipinski definition) is 2. The highest BCUT2D eigenvalue weighted by Gasteiger charge is 2.36. The molecule has 2 N–H and O–H groups in total. The number of thioether (sulfide) groups is 1. The summed E-state index contributed by atoms with van der Waals surface area (Å²) in [4.78, 5) is 38.5. The van der Waals surface area contributed by atoms with E-state index < -0.39 is 23.6 Å². The highest BCUT2D eigenvalue weighted by atomic mass is 35.5. The van der Waals surface area contributed by atoms with E-state index in [1.165, 1.54) is 18.2 Å². The van der Waals surface area contributed by atoms with Crippen LogP contribution in [-0.2, 0) is 9.59 Å². The number of amides is 3. The summed E-state index contributed by atoms with van der Waals surface area (Å²) in [5, 5.41) is 12.2. The molecule has 0 atom stereocenters. The Kier molecular flexibility index (Phi) is 6.92. The number of anilines is 1. The smallest absolute Gasteiger partial charge is 0.294 e. The molecule has 0 aliphatic carbocycles. The van der Waals surface area contributed by atoms with Crippen molar-refractivity contribution in [1.29, 1.82) is 0 Å². The molecular weight excluding hydrogens is 440 g/mol. The molecular formula is C22H21ClN2O5S. The SMILES string of the molecule is CCOc1cc(/C=C2\SC(=O)N(CC(=O)Nc3cc(C)ccc3C)C2=O)cc(Cl)c1O. The van der Waals surface area contributed by atoms with Crippen LogP contribution in [0.1, 0.15) is 23.6 Å². The van der Waals surface area contributed by atoms with Gasteiger partial charge < -0.3 is 15.2 Å². The molecule has 3 amide bonds. The molecule has 0 aromatic heterocycles. The first-order valence-corrected chi connectivity index (χ1v) is 10.7. The van der Waals surface area contributed by atoms with E-state index in [-0.39, 0.29) is 21.4 Å². The number of halogens is 1. The Labute approximate surface area is 189 Å². The molecule has 162 valence electrons. The zero-order chi connectivity index (χ0) is 22.7. The number of ether oxygens (including phenoxy) is 1. The third kappa shape index (κ3) is 5.21. The van der Waals surface area contributed by atoms with E-state index in [0.29, 0.717) is 17.9 Å². The van der Waals surface area contributed by atoms with Gasteiger partial charge in [-0.2, -0.15) is 0 Å². The van der Waals surface area contributed by atoms with Gasteiger partial charge >= 0.3 is 0 Å². The molecule has 1 saturated heterocycles. The van der Waals surface area contributed by atoms with E-state index >= 15 is 0 Å². The number of aryl methyl sites for hydroxylation is 2. The summed E-state index contributed by atoms with van der Waals surface area (Å²) < 4.78 is 5.33. The van der Waals surface area contributed by atoms with Gasteiger partial charge in [-0.25, -0.2) is 0 Å². The van der Waals surface area contributed by atoms with E-state index in [9.17, 15) is 19.5 Å². The van der Waals surface area contributed by atoms with Gasteiger partial charge in [0.2, 0.25) is 5.91 Å². The Hall–Kier alpha value is -2.97. The number of imide groups is 1. The molecule has 0 spiro atoms. The molecule has 1 aliphatic heterocycles. The van der Waals surface area contributed by atoms with Gasteiger partial charge in [0.15, 0.2) is 11.5 Å². The molecule has 0 unspecified atom stereocenters. The fraction of sp³-hybridized carbons (Fsp3) is 0.227. The van der Waals surface area contributed by atoms with Crippen LogP contribution in [0.3, 0.4) is 0 Å². The second kappa shape index (κ2) is 9.45. The number of phenols is 1. The van der Waals surface area contributed by atoms with Gasteiger partial charge in [0, 0.05) is 5.69 Å². The maximum atomic E-state index is 12.7. The van der Waals surface area contributed by atoms with Gasteiger partial charge in [0.05, 0.1) is 16.5 Å². The van der Waals surface area contributed by atoms with Crippen molar-refractivity contribution in [3.63, 3.8) is 0 Å². The lowest BCUT2D eigenvalue weighted by Gasteiger charge is -2.14. The Morgan fingerprint density at radius 1 is 1.26 bits per heavy atom. The van der Waals surface area contributed by atoms with Crippen LogP contribution in [0.15, 0.2) is 35.2 Å². The number of carbonyl (C=O) groups excluding carboxylic acids is 3. The minimum Gasteiger partial charge on any atom is -0.503 e. The summed E-state index contributed by atoms with van der Waals surface area (Å²) in [5.74, 6) is -1.07. The van der Waals surface area contributed by atoms with Crippen molar-refractivity contribution in [2.45, 2.75) is 20.8 Å². The second-order valence-electron chi connectivity index (χ2n) is 6.92. The molecule has 2 aromatic carbocycles. The van der Waals surface area contributed by atoms with Gasteiger partial charge in [-0.1, -0.05) is 23.7 Å². The first-order valence-electron chi connectivity index (χ1n) is 9.47. The first kappa shape index (κ1) is 22.7. The summed E-state index contributed by atoms with van der Waals surface area (Å²) in [5.41, 5.74) is 2.97. The number of aromatic hydroxyl groups is 1. The van der Waals surface area contributed by atoms with E-state index in [1.54, 1.807) is 6.92 Å². The lowest BCUT2D eigenvalue weighted by Crippen LogP contribution is -2.36. The Bertz CT molecular complexity index is 1100. The molecule has 1 fully saturated rings. The fourth-order valence-electron chi connectivity index (χ4n) is 2.93. The minimum atomic E-state index is -0.576. The lowest BCUT2D eigenvalue weighted by molar-refractivity contribution is -0.127. The fourth-order valence-corrected chi connectivity index (χ4v) is 3.99. The van der Waals surface area contributed by atoms with Crippen LogP contribution in [-0.4, -0.2) is 40.2 Å². The maximum absolute atomic E-state index is 12.7. The average molecular weight is 461 g/mol. The van der Waals surface area contributed by atoms with Crippen molar-refractivity contribution < 1.29 is 24.2 Å². The molecule has 3 rings (SSSR count). The highest BCUT2D eigenvalue weighted by molar-refractivity contribution is 8.18. The molecule has 0 saturated carbocycles. The van der Waals surface area contributed by atoms with E-state index in [2.05, 4.69) is 5.32 Å². The first-order chi connectivity index (χ1) is 14.7. The third-order valence-electron chi connectivity index (χ3n) is 4.49. The maximum Gasteiger partial charge on any atom is 0.294 e. The molecule has 1 heterocycles. The number of hydrogen-bond acceptors (Lipinski definition) is 6. The Morgan fingerprint density at radius 2 is 2.00 bits per heavy atom. The highest BCUT2D eigenvalue weighted by Crippen LogP contribution is 2.38. The van der Waals surface area contributed by atoms with Gasteiger partial charge in [0.1, 0.15) is 6.54 Å². The Morgan fingerprint density at radius 3 is 2.71 bits per heavy atom. The van der Waals surface area contributed by atoms with Gasteiger partial charge in [-0.05, 0) is 73.5 Å². The van der Waals surface area contributed by atoms with Gasteiger partial charge in [-0.3, -0.25) is 19.3 Å². The van der Waals surface area contributed by atoms with Crippen LogP contribution < -0.4 is 10.1 Å². The zero-order valence-corrected chi connectivity index (χ0v) is 18.8. The van der Waals surface area contributed by atoms with Crippen molar-refractivity contribution in [3.05, 3.63) is 56.9 Å². The minimum absolute atomic E-state index is 0.0596. The number of benzene rings is 2. The number of nitrogens with zero attached hydrogens (tertiary/aromatic N) is 1. The number of carbonyl (C=O) groups is 3. The summed E-state index contributed by atoms with van der Waals surface area (Å²) in [6.45, 7) is 5.45. The van der Waals surface area contributed by atoms with E-state index in [0.717, 1.165) is 27.8 Å². The molecule has 0 radical (unpaired) electrons. The predicted octanol–water partition coefficient (Wildman–Crippen LogP) is 4.74. The van der Waals surface area contributed by atoms with Crippen LogP contribution in [0.4, 0.5) is 10.5 Å². The average Bonchev–Trinajstić information content (AvgIpc) is 2.96. The van der Waals surface area contributed by atoms with Crippen molar-refractivity contribution in [2.24, 2.45) is 0 Å². The summed E-state index contributed by atoms with van der Waals surface area (Å²) >= 11 is 6.75. The van der Waals surface area contributed by atoms with Crippen molar-refractivity contribution in [3.8, 4) is 11.5 Å². The number of rotatable bonds is 6. The lowest BCUT2D eigenvalue weighted by atomic mass is 10.1. The summed E-state index contributed by atoms with van der Waals surface area (Å²) in [7, 11) is 0. The number of nitrogens with one attached hydrogen (secondary N) is 1. The largest absolute Gasteiger partial charge is 0.503 e. The third-order valence-corrected chi connectivity index (χ3v) is 5.69. The molecule has 0 bridgehead atoms. The van der Waals surface area contributed by atoms with Crippen molar-refractivity contribution in [2.75, 3.05) is 18.5 Å². The van der Waals surface area contributed by atoms with Gasteiger partial charge in [0.25, 0.3) is 11.1 Å². The molecule has 7 nitrogen and oxygen atoms in total. The topological polar surface area (TPSA) is 95.9 Å². The normalized spacial score (nSPS) is 15.0. The van der Waals surface area contributed by atoms with Crippen LogP contribution in [0, 0.1) is 13.8 Å². The molecule has 9 heteroatoms. The number of phenolic OH excluding ortho intramolecular Hbond substituents is 1. The van der Waals surface area contributed by atoms with Crippen molar-refractivity contribution in [1.82, 2.24) is 4.90 Å². The molecule has 31 heavy (non-hydrogen) atoms. The van der Waals surface area contributed by atoms with E-state index in [1.807, 2.05) is 32.0 Å². The summed E-state index contributed by atoms with van der Waals surface area (Å²) in [6.07, 6.45) is 1.47. The van der Waals surface area contributed by atoms with Crippen LogP contribution in [0.2, 0.25) is 5.02 Å². The van der Waals surface area contributed by atoms with Crippen LogP contribution in [0.5, 0.6) is 11.5 Å². The standard InChI is InChI=1S/C22H21ClN2O5S/c1-4-30-17-9-14(8-15(23)20(17)27)10-18-21(28)25(22(29)31-18)11-19(26)24-16-7-12(2)5-6-13(16)3/h5-10,27H,4,11H2,1-3H3,(H,24,26)/b18-10-. The monoisotopic (exact) mass is 460 g/mol. The van der Waals surface area contributed by atoms with Gasteiger partial charge in [-0.15, -0.1) is 0 Å². The quantitative estimate of drug-likeness (QED) is 0.604. The van der Waals surface area contributed by atoms with Crippen LogP contribution >= 0.6 is 23.4 Å². The van der Waals surface area contributed by atoms with E-state index in [4.69, 9.17) is 16.3 Å². The predicted molar refractivity (Wildman–Crippen MR) is 122 cm³/mol. The molecule has 1 aliphatic rings.